The number of benzene rings is 3. The van der Waals surface area contributed by atoms with Crippen LogP contribution in [0, 0.1) is 0 Å². The molecule has 3 aromatic carbocycles. The third kappa shape index (κ3) is 7.25. The molecule has 1 aliphatic heterocycles. The molecule has 0 spiro atoms. The highest BCUT2D eigenvalue weighted by atomic mass is 28.4. The minimum Gasteiger partial charge on any atom is -0.466 e. The lowest BCUT2D eigenvalue weighted by molar-refractivity contribution is -0.144. The van der Waals surface area contributed by atoms with Crippen molar-refractivity contribution in [3.05, 3.63) is 96.6 Å². The second kappa shape index (κ2) is 13.5. The van der Waals surface area contributed by atoms with E-state index < -0.39 is 8.32 Å². The lowest BCUT2D eigenvalue weighted by Gasteiger charge is -2.45. The Hall–Kier alpha value is -2.77. The number of esters is 1. The predicted molar refractivity (Wildman–Crippen MR) is 158 cm³/mol. The van der Waals surface area contributed by atoms with E-state index in [1.54, 1.807) is 0 Å². The number of hydrogen-bond donors (Lipinski definition) is 0. The van der Waals surface area contributed by atoms with Gasteiger partial charge in [0.25, 0.3) is 8.32 Å². The van der Waals surface area contributed by atoms with Crippen molar-refractivity contribution in [2.24, 2.45) is 0 Å². The molecule has 0 N–H and O–H groups in total. The van der Waals surface area contributed by atoms with E-state index in [1.165, 1.54) is 10.4 Å². The monoisotopic (exact) mass is 546 g/mol. The van der Waals surface area contributed by atoms with E-state index in [0.29, 0.717) is 39.1 Å². The third-order valence-corrected chi connectivity index (χ3v) is 12.5. The molecule has 0 unspecified atom stereocenters. The Morgan fingerprint density at radius 3 is 2.00 bits per heavy atom. The van der Waals surface area contributed by atoms with Crippen LogP contribution in [0.2, 0.25) is 5.04 Å². The molecular formula is C33H42O5Si. The number of ether oxygens (including phenoxy) is 3. The van der Waals surface area contributed by atoms with Gasteiger partial charge in [0, 0.05) is 12.8 Å². The molecule has 208 valence electrons. The molecule has 39 heavy (non-hydrogen) atoms. The first kappa shape index (κ1) is 29.2. The van der Waals surface area contributed by atoms with Gasteiger partial charge in [0.2, 0.25) is 0 Å². The fourth-order valence-electron chi connectivity index (χ4n) is 5.56. The van der Waals surface area contributed by atoms with Crippen LogP contribution in [-0.4, -0.2) is 45.8 Å². The van der Waals surface area contributed by atoms with Gasteiger partial charge in [0.15, 0.2) is 0 Å². The molecule has 5 nitrogen and oxygen atoms in total. The van der Waals surface area contributed by atoms with Crippen LogP contribution in [0.15, 0.2) is 91.0 Å². The largest absolute Gasteiger partial charge is 0.466 e. The van der Waals surface area contributed by atoms with Crippen LogP contribution >= 0.6 is 0 Å². The number of hydrogen-bond acceptors (Lipinski definition) is 5. The van der Waals surface area contributed by atoms with Crippen LogP contribution in [-0.2, 0) is 30.0 Å². The predicted octanol–water partition coefficient (Wildman–Crippen LogP) is 5.65. The van der Waals surface area contributed by atoms with Gasteiger partial charge >= 0.3 is 5.97 Å². The first-order valence-electron chi connectivity index (χ1n) is 14.0. The summed E-state index contributed by atoms with van der Waals surface area (Å²) >= 11 is 0. The molecule has 0 aromatic heterocycles. The van der Waals surface area contributed by atoms with E-state index in [9.17, 15) is 4.79 Å². The van der Waals surface area contributed by atoms with Crippen LogP contribution < -0.4 is 10.4 Å². The van der Waals surface area contributed by atoms with Crippen LogP contribution in [0.4, 0.5) is 0 Å². The number of carbonyl (C=O) groups is 1. The Morgan fingerprint density at radius 1 is 0.897 bits per heavy atom. The van der Waals surface area contributed by atoms with Gasteiger partial charge in [-0.1, -0.05) is 112 Å². The molecule has 1 saturated heterocycles. The summed E-state index contributed by atoms with van der Waals surface area (Å²) in [5, 5.41) is 2.33. The molecule has 1 heterocycles. The molecule has 0 radical (unpaired) electrons. The minimum absolute atomic E-state index is 0.0945. The highest BCUT2D eigenvalue weighted by Crippen LogP contribution is 2.40. The van der Waals surface area contributed by atoms with Crippen molar-refractivity contribution in [3.8, 4) is 0 Å². The maximum absolute atomic E-state index is 12.1. The van der Waals surface area contributed by atoms with Gasteiger partial charge in [-0.05, 0) is 34.3 Å². The van der Waals surface area contributed by atoms with Gasteiger partial charge in [-0.2, -0.15) is 0 Å². The third-order valence-electron chi connectivity index (χ3n) is 7.39. The average molecular weight is 547 g/mol. The normalized spacial score (nSPS) is 19.6. The van der Waals surface area contributed by atoms with Gasteiger partial charge in [0.05, 0.1) is 32.0 Å². The Balaban J connectivity index is 1.62. The number of carbonyl (C=O) groups excluding carboxylic acids is 1. The SMILES string of the molecule is CCOC(=O)CC[C@H]1C[C@H](O[Si](c2ccccc2)(c2ccccc2)C(C)(C)C)[C@H](COCc2ccccc2)O1. The summed E-state index contributed by atoms with van der Waals surface area (Å²) in [4.78, 5) is 12.1. The Morgan fingerprint density at radius 2 is 1.46 bits per heavy atom. The van der Waals surface area contributed by atoms with E-state index in [2.05, 4.69) is 93.6 Å². The molecule has 0 aliphatic carbocycles. The fraction of sp³-hybridized carbons (Fsp3) is 0.424. The van der Waals surface area contributed by atoms with E-state index in [-0.39, 0.29) is 29.3 Å². The summed E-state index contributed by atoms with van der Waals surface area (Å²) in [7, 11) is -2.77. The average Bonchev–Trinajstić information content (AvgIpc) is 3.33. The first-order valence-corrected chi connectivity index (χ1v) is 16.0. The Kier molecular flexibility index (Phi) is 10.1. The van der Waals surface area contributed by atoms with Crippen molar-refractivity contribution in [1.82, 2.24) is 0 Å². The molecule has 1 aliphatic rings. The topological polar surface area (TPSA) is 54.0 Å². The summed E-state index contributed by atoms with van der Waals surface area (Å²) in [6, 6.07) is 31.5. The standard InChI is InChI=1S/C33H42O5Si/c1-5-36-32(34)22-21-27-23-30(31(37-27)25-35-24-26-15-9-6-10-16-26)38-39(33(2,3)4,28-17-11-7-12-18-28)29-19-13-8-14-20-29/h6-20,27,30-31H,5,21-25H2,1-4H3/t27-,30-,31-/m0/s1. The number of rotatable bonds is 12. The molecule has 3 aromatic rings. The second-order valence-corrected chi connectivity index (χ2v) is 15.4. The Bertz CT molecular complexity index is 1110. The van der Waals surface area contributed by atoms with Gasteiger partial charge < -0.3 is 18.6 Å². The van der Waals surface area contributed by atoms with Gasteiger partial charge in [-0.25, -0.2) is 0 Å². The zero-order valence-corrected chi connectivity index (χ0v) is 24.7. The molecule has 4 rings (SSSR count). The van der Waals surface area contributed by atoms with E-state index in [4.69, 9.17) is 18.6 Å². The van der Waals surface area contributed by atoms with Crippen molar-refractivity contribution in [3.63, 3.8) is 0 Å². The highest BCUT2D eigenvalue weighted by Gasteiger charge is 2.53. The van der Waals surface area contributed by atoms with E-state index in [1.807, 2.05) is 25.1 Å². The second-order valence-electron chi connectivity index (χ2n) is 11.2. The molecule has 0 saturated carbocycles. The Labute approximate surface area is 234 Å². The van der Waals surface area contributed by atoms with Crippen molar-refractivity contribution in [2.45, 2.75) is 76.9 Å². The van der Waals surface area contributed by atoms with Crippen molar-refractivity contribution in [2.75, 3.05) is 13.2 Å². The molecule has 1 fully saturated rings. The van der Waals surface area contributed by atoms with Crippen molar-refractivity contribution in [1.29, 1.82) is 0 Å². The zero-order chi connectivity index (χ0) is 27.7. The van der Waals surface area contributed by atoms with Crippen molar-refractivity contribution < 1.29 is 23.4 Å². The molecule has 3 atom stereocenters. The summed E-state index contributed by atoms with van der Waals surface area (Å²) in [6.07, 6.45) is 1.16. The molecule has 0 amide bonds. The fourth-order valence-corrected chi connectivity index (χ4v) is 10.3. The molecular weight excluding hydrogens is 504 g/mol. The highest BCUT2D eigenvalue weighted by molar-refractivity contribution is 6.99. The quantitative estimate of drug-likeness (QED) is 0.217. The van der Waals surface area contributed by atoms with Crippen LogP contribution in [0.25, 0.3) is 0 Å². The summed E-state index contributed by atoms with van der Waals surface area (Å²) in [5.41, 5.74) is 1.12. The summed E-state index contributed by atoms with van der Waals surface area (Å²) < 4.78 is 25.3. The zero-order valence-electron chi connectivity index (χ0n) is 23.7. The van der Waals surface area contributed by atoms with Crippen molar-refractivity contribution >= 4 is 24.7 Å². The summed E-state index contributed by atoms with van der Waals surface area (Å²) in [5.74, 6) is -0.186. The van der Waals surface area contributed by atoms with Crippen LogP contribution in [0.5, 0.6) is 0 Å². The maximum Gasteiger partial charge on any atom is 0.305 e. The van der Waals surface area contributed by atoms with Crippen LogP contribution in [0.1, 0.15) is 52.5 Å². The molecule has 6 heteroatoms. The van der Waals surface area contributed by atoms with Gasteiger partial charge in [-0.3, -0.25) is 4.79 Å². The van der Waals surface area contributed by atoms with Gasteiger partial charge in [0.1, 0.15) is 6.10 Å². The maximum atomic E-state index is 12.1. The van der Waals surface area contributed by atoms with E-state index >= 15 is 0 Å². The lowest BCUT2D eigenvalue weighted by atomic mass is 10.1. The van der Waals surface area contributed by atoms with Crippen LogP contribution in [0.3, 0.4) is 0 Å². The van der Waals surface area contributed by atoms with Gasteiger partial charge in [-0.15, -0.1) is 0 Å². The first-order chi connectivity index (χ1) is 18.8. The minimum atomic E-state index is -2.77. The molecule has 0 bridgehead atoms. The van der Waals surface area contributed by atoms with E-state index in [0.717, 1.165) is 5.56 Å². The smallest absolute Gasteiger partial charge is 0.305 e. The summed E-state index contributed by atoms with van der Waals surface area (Å²) in [6.45, 7) is 10.0. The lowest BCUT2D eigenvalue weighted by Crippen LogP contribution is -2.68.